The van der Waals surface area contributed by atoms with Gasteiger partial charge in [-0.3, -0.25) is 0 Å². The van der Waals surface area contributed by atoms with Gasteiger partial charge in [-0.15, -0.1) is 0 Å². The number of nitrogens with zero attached hydrogens (tertiary/aromatic N) is 1. The summed E-state index contributed by atoms with van der Waals surface area (Å²) in [5.41, 5.74) is 0. The largest absolute Gasteiger partial charge is 0.390 e. The molecule has 100 valence electrons. The van der Waals surface area contributed by atoms with Gasteiger partial charge in [-0.1, -0.05) is 0 Å². The fourth-order valence-corrected chi connectivity index (χ4v) is 3.72. The summed E-state index contributed by atoms with van der Waals surface area (Å²) in [4.78, 5) is 0.254. The van der Waals surface area contributed by atoms with E-state index in [-0.39, 0.29) is 4.90 Å². The molecule has 1 fully saturated rings. The third-order valence-corrected chi connectivity index (χ3v) is 5.72. The van der Waals surface area contributed by atoms with Crippen molar-refractivity contribution in [2.24, 2.45) is 0 Å². The van der Waals surface area contributed by atoms with Gasteiger partial charge < -0.3 is 10.4 Å². The molecule has 5 nitrogen and oxygen atoms in total. The molecule has 2 atom stereocenters. The molecule has 0 amide bonds. The second kappa shape index (κ2) is 5.41. The Labute approximate surface area is 120 Å². The summed E-state index contributed by atoms with van der Waals surface area (Å²) in [7, 11) is -2.03. The number of sulfonamides is 1. The van der Waals surface area contributed by atoms with E-state index in [1.807, 2.05) is 0 Å². The Hall–Kier alpha value is -0.220. The maximum atomic E-state index is 12.4. The van der Waals surface area contributed by atoms with E-state index in [9.17, 15) is 13.5 Å². The first-order chi connectivity index (χ1) is 8.43. The Morgan fingerprint density at radius 1 is 1.33 bits per heavy atom. The molecule has 0 spiro atoms. The van der Waals surface area contributed by atoms with Crippen molar-refractivity contribution in [1.82, 2.24) is 9.62 Å². The average molecular weight is 382 g/mol. The van der Waals surface area contributed by atoms with E-state index in [0.717, 1.165) is 3.57 Å². The van der Waals surface area contributed by atoms with E-state index in [4.69, 9.17) is 0 Å². The summed E-state index contributed by atoms with van der Waals surface area (Å²) in [6.07, 6.45) is -0.659. The van der Waals surface area contributed by atoms with Crippen LogP contribution >= 0.6 is 22.6 Å². The topological polar surface area (TPSA) is 69.6 Å². The van der Waals surface area contributed by atoms with Crippen molar-refractivity contribution in [2.75, 3.05) is 20.1 Å². The van der Waals surface area contributed by atoms with Gasteiger partial charge in [0.15, 0.2) is 0 Å². The molecule has 7 heteroatoms. The van der Waals surface area contributed by atoms with E-state index < -0.39 is 22.2 Å². The van der Waals surface area contributed by atoms with Crippen molar-refractivity contribution in [3.8, 4) is 0 Å². The third-order valence-electron chi connectivity index (χ3n) is 3.11. The van der Waals surface area contributed by atoms with E-state index in [1.54, 1.807) is 24.3 Å². The molecule has 1 saturated heterocycles. The summed E-state index contributed by atoms with van der Waals surface area (Å²) in [5, 5.41) is 12.7. The average Bonchev–Trinajstić information content (AvgIpc) is 2.75. The number of halogens is 1. The first-order valence-corrected chi connectivity index (χ1v) is 8.07. The minimum Gasteiger partial charge on any atom is -0.390 e. The van der Waals surface area contributed by atoms with E-state index >= 15 is 0 Å². The maximum absolute atomic E-state index is 12.4. The Morgan fingerprint density at radius 3 is 2.44 bits per heavy atom. The highest BCUT2D eigenvalue weighted by Gasteiger charge is 2.35. The smallest absolute Gasteiger partial charge is 0.243 e. The van der Waals surface area contributed by atoms with Crippen LogP contribution < -0.4 is 5.32 Å². The number of β-amino-alcohol motifs (C(OH)–C–C–N with tert-alkyl or cyclic N) is 1. The summed E-state index contributed by atoms with van der Waals surface area (Å²) < 4.78 is 27.0. The molecule has 0 radical (unpaired) electrons. The lowest BCUT2D eigenvalue weighted by molar-refractivity contribution is 0.136. The fraction of sp³-hybridized carbons (Fsp3) is 0.455. The summed E-state index contributed by atoms with van der Waals surface area (Å²) in [6.45, 7) is 0.901. The zero-order valence-electron chi connectivity index (χ0n) is 9.88. The molecular formula is C11H15IN2O3S. The molecule has 0 aliphatic carbocycles. The van der Waals surface area contributed by atoms with Crippen LogP contribution in [0.2, 0.25) is 0 Å². The van der Waals surface area contributed by atoms with Gasteiger partial charge >= 0.3 is 0 Å². The molecular weight excluding hydrogens is 367 g/mol. The van der Waals surface area contributed by atoms with Crippen molar-refractivity contribution in [1.29, 1.82) is 0 Å². The van der Waals surface area contributed by atoms with Gasteiger partial charge in [0.05, 0.1) is 17.0 Å². The number of nitrogens with one attached hydrogen (secondary N) is 1. The minimum absolute atomic E-state index is 0.254. The van der Waals surface area contributed by atoms with E-state index in [1.165, 1.54) is 11.4 Å². The van der Waals surface area contributed by atoms with Crippen molar-refractivity contribution in [3.05, 3.63) is 27.8 Å². The molecule has 0 saturated carbocycles. The normalized spacial score (nSPS) is 24.7. The lowest BCUT2D eigenvalue weighted by Crippen LogP contribution is -2.44. The predicted molar refractivity (Wildman–Crippen MR) is 76.8 cm³/mol. The highest BCUT2D eigenvalue weighted by molar-refractivity contribution is 14.1. The van der Waals surface area contributed by atoms with Gasteiger partial charge in [0.25, 0.3) is 0 Å². The number of aliphatic hydroxyl groups excluding tert-OH is 1. The standard InChI is InChI=1S/C11H15IN2O3S/c1-14(10-6-13-7-11(10)15)18(16,17)9-4-2-8(12)3-5-9/h2-5,10-11,13,15H,6-7H2,1H3/t10-,11-/m1/s1. The molecule has 2 N–H and O–H groups in total. The van der Waals surface area contributed by atoms with Crippen molar-refractivity contribution in [3.63, 3.8) is 0 Å². The monoisotopic (exact) mass is 382 g/mol. The Bertz CT molecular complexity index is 518. The fourth-order valence-electron chi connectivity index (χ4n) is 1.97. The van der Waals surface area contributed by atoms with Crippen molar-refractivity contribution >= 4 is 32.6 Å². The number of benzene rings is 1. The van der Waals surface area contributed by atoms with Gasteiger partial charge in [0.2, 0.25) is 10.0 Å². The molecule has 0 aromatic heterocycles. The first-order valence-electron chi connectivity index (χ1n) is 5.55. The summed E-state index contributed by atoms with van der Waals surface area (Å²) in [5.74, 6) is 0. The molecule has 1 aliphatic heterocycles. The molecule has 1 heterocycles. The van der Waals surface area contributed by atoms with Crippen LogP contribution in [0, 0.1) is 3.57 Å². The zero-order valence-corrected chi connectivity index (χ0v) is 12.8. The SMILES string of the molecule is CN([C@@H]1CNC[C@H]1O)S(=O)(=O)c1ccc(I)cc1. The molecule has 18 heavy (non-hydrogen) atoms. The van der Waals surface area contributed by atoms with Gasteiger partial charge in [0, 0.05) is 23.7 Å². The van der Waals surface area contributed by atoms with Crippen LogP contribution in [-0.4, -0.2) is 50.1 Å². The highest BCUT2D eigenvalue weighted by atomic mass is 127. The zero-order chi connectivity index (χ0) is 13.3. The first kappa shape index (κ1) is 14.2. The number of hydrogen-bond donors (Lipinski definition) is 2. The van der Waals surface area contributed by atoms with Crippen LogP contribution in [0.3, 0.4) is 0 Å². The van der Waals surface area contributed by atoms with Gasteiger partial charge in [-0.05, 0) is 46.9 Å². The molecule has 1 aliphatic rings. The predicted octanol–water partition coefficient (Wildman–Crippen LogP) is 0.244. The van der Waals surface area contributed by atoms with Crippen LogP contribution in [0.1, 0.15) is 0 Å². The minimum atomic E-state index is -3.54. The van der Waals surface area contributed by atoms with Crippen LogP contribution in [-0.2, 0) is 10.0 Å². The second-order valence-electron chi connectivity index (χ2n) is 4.27. The Morgan fingerprint density at radius 2 is 1.94 bits per heavy atom. The van der Waals surface area contributed by atoms with Crippen LogP contribution in [0.15, 0.2) is 29.2 Å². The highest BCUT2D eigenvalue weighted by Crippen LogP contribution is 2.20. The lowest BCUT2D eigenvalue weighted by atomic mass is 10.2. The second-order valence-corrected chi connectivity index (χ2v) is 7.51. The summed E-state index contributed by atoms with van der Waals surface area (Å²) in [6, 6.07) is 6.27. The number of aliphatic hydroxyl groups is 1. The van der Waals surface area contributed by atoms with Crippen molar-refractivity contribution in [2.45, 2.75) is 17.0 Å². The molecule has 0 unspecified atom stereocenters. The Balaban J connectivity index is 2.28. The lowest BCUT2D eigenvalue weighted by Gasteiger charge is -2.25. The van der Waals surface area contributed by atoms with Gasteiger partial charge in [-0.25, -0.2) is 8.42 Å². The van der Waals surface area contributed by atoms with Crippen molar-refractivity contribution < 1.29 is 13.5 Å². The van der Waals surface area contributed by atoms with Crippen LogP contribution in [0.25, 0.3) is 0 Å². The third kappa shape index (κ3) is 2.69. The molecule has 0 bridgehead atoms. The number of rotatable bonds is 3. The van der Waals surface area contributed by atoms with Gasteiger partial charge in [0.1, 0.15) is 0 Å². The Kier molecular flexibility index (Phi) is 4.27. The number of hydrogen-bond acceptors (Lipinski definition) is 4. The van der Waals surface area contributed by atoms with Gasteiger partial charge in [-0.2, -0.15) is 4.31 Å². The maximum Gasteiger partial charge on any atom is 0.243 e. The van der Waals surface area contributed by atoms with Crippen LogP contribution in [0.5, 0.6) is 0 Å². The molecule has 1 aromatic rings. The van der Waals surface area contributed by atoms with E-state index in [0.29, 0.717) is 13.1 Å². The van der Waals surface area contributed by atoms with E-state index in [2.05, 4.69) is 27.9 Å². The quantitative estimate of drug-likeness (QED) is 0.736. The summed E-state index contributed by atoms with van der Waals surface area (Å²) >= 11 is 2.12. The number of likely N-dealkylation sites (N-methyl/N-ethyl adjacent to an activating group) is 1. The molecule has 1 aromatic carbocycles. The van der Waals surface area contributed by atoms with Crippen LogP contribution in [0.4, 0.5) is 0 Å². The molecule has 2 rings (SSSR count).